The molecule has 0 atom stereocenters. The number of aryl methyl sites for hydroxylation is 1. The van der Waals surface area contributed by atoms with Crippen LogP contribution in [0.25, 0.3) is 10.2 Å². The summed E-state index contributed by atoms with van der Waals surface area (Å²) in [4.78, 5) is 21.0. The molecule has 8 nitrogen and oxygen atoms in total. The summed E-state index contributed by atoms with van der Waals surface area (Å²) >= 11 is 1.23. The molecule has 10 heteroatoms. The lowest BCUT2D eigenvalue weighted by atomic mass is 9.96. The predicted octanol–water partition coefficient (Wildman–Crippen LogP) is 2.95. The Morgan fingerprint density at radius 1 is 1.26 bits per heavy atom. The van der Waals surface area contributed by atoms with Crippen LogP contribution in [0.1, 0.15) is 38.9 Å². The minimum atomic E-state index is -3.29. The van der Waals surface area contributed by atoms with E-state index < -0.39 is 9.84 Å². The first-order valence-electron chi connectivity index (χ1n) is 8.26. The third-order valence-electron chi connectivity index (χ3n) is 3.74. The fraction of sp³-hybridized carbons (Fsp3) is 0.412. The molecule has 0 fully saturated rings. The van der Waals surface area contributed by atoms with Crippen LogP contribution in [0.3, 0.4) is 0 Å². The summed E-state index contributed by atoms with van der Waals surface area (Å²) in [6.07, 6.45) is 1.66. The van der Waals surface area contributed by atoms with Gasteiger partial charge in [0.2, 0.25) is 11.8 Å². The zero-order chi connectivity index (χ0) is 19.8. The van der Waals surface area contributed by atoms with Crippen molar-refractivity contribution >= 4 is 42.4 Å². The number of nitrogens with one attached hydrogen (secondary N) is 1. The SMILES string of the molecule is CC(C)(C)c1noc(CCC(=O)Nc2nc3ccc(S(C)(=O)=O)cc3s2)n1. The van der Waals surface area contributed by atoms with Gasteiger partial charge in [0.25, 0.3) is 0 Å². The van der Waals surface area contributed by atoms with Crippen LogP contribution < -0.4 is 5.32 Å². The molecule has 2 heterocycles. The van der Waals surface area contributed by atoms with Gasteiger partial charge in [-0.2, -0.15) is 4.98 Å². The van der Waals surface area contributed by atoms with Crippen LogP contribution in [0.4, 0.5) is 5.13 Å². The van der Waals surface area contributed by atoms with E-state index in [4.69, 9.17) is 4.52 Å². The van der Waals surface area contributed by atoms with Crippen molar-refractivity contribution in [1.82, 2.24) is 15.1 Å². The molecule has 0 aliphatic carbocycles. The number of amides is 1. The van der Waals surface area contributed by atoms with Gasteiger partial charge in [0, 0.05) is 24.5 Å². The van der Waals surface area contributed by atoms with Crippen molar-refractivity contribution in [2.45, 2.75) is 43.9 Å². The lowest BCUT2D eigenvalue weighted by Gasteiger charge is -2.10. The van der Waals surface area contributed by atoms with Crippen LogP contribution in [0.5, 0.6) is 0 Å². The third kappa shape index (κ3) is 4.69. The molecule has 0 aliphatic rings. The Morgan fingerprint density at radius 2 is 2.00 bits per heavy atom. The van der Waals surface area contributed by atoms with Crippen LogP contribution >= 0.6 is 11.3 Å². The van der Waals surface area contributed by atoms with Crippen molar-refractivity contribution < 1.29 is 17.7 Å². The molecule has 0 unspecified atom stereocenters. The van der Waals surface area contributed by atoms with E-state index in [1.54, 1.807) is 12.1 Å². The molecule has 3 rings (SSSR count). The molecule has 0 saturated heterocycles. The van der Waals surface area contributed by atoms with Gasteiger partial charge in [0.05, 0.1) is 15.1 Å². The number of rotatable bonds is 5. The number of hydrogen-bond acceptors (Lipinski definition) is 8. The highest BCUT2D eigenvalue weighted by Gasteiger charge is 2.21. The molecule has 0 aliphatic heterocycles. The summed E-state index contributed by atoms with van der Waals surface area (Å²) in [5.74, 6) is 0.788. The molecule has 27 heavy (non-hydrogen) atoms. The van der Waals surface area contributed by atoms with E-state index in [1.807, 2.05) is 20.8 Å². The minimum absolute atomic E-state index is 0.177. The Hall–Kier alpha value is -2.33. The Labute approximate surface area is 160 Å². The topological polar surface area (TPSA) is 115 Å². The summed E-state index contributed by atoms with van der Waals surface area (Å²) in [7, 11) is -3.29. The number of anilines is 1. The molecule has 2 aromatic heterocycles. The van der Waals surface area contributed by atoms with E-state index >= 15 is 0 Å². The van der Waals surface area contributed by atoms with E-state index in [2.05, 4.69) is 20.4 Å². The first-order valence-corrected chi connectivity index (χ1v) is 11.0. The third-order valence-corrected chi connectivity index (χ3v) is 5.78. The predicted molar refractivity (Wildman–Crippen MR) is 103 cm³/mol. The Bertz CT molecular complexity index is 1090. The second-order valence-electron chi connectivity index (χ2n) is 7.23. The molecule has 0 spiro atoms. The Kier molecular flexibility index (Phi) is 5.04. The fourth-order valence-electron chi connectivity index (χ4n) is 2.25. The van der Waals surface area contributed by atoms with Gasteiger partial charge < -0.3 is 9.84 Å². The zero-order valence-corrected chi connectivity index (χ0v) is 17.1. The number of benzene rings is 1. The van der Waals surface area contributed by atoms with E-state index in [9.17, 15) is 13.2 Å². The smallest absolute Gasteiger partial charge is 0.227 e. The van der Waals surface area contributed by atoms with Crippen molar-refractivity contribution in [3.63, 3.8) is 0 Å². The molecular formula is C17H20N4O4S2. The molecule has 144 valence electrons. The molecular weight excluding hydrogens is 388 g/mol. The molecule has 1 aromatic carbocycles. The van der Waals surface area contributed by atoms with Crippen LogP contribution in [-0.4, -0.2) is 35.7 Å². The van der Waals surface area contributed by atoms with Crippen LogP contribution in [-0.2, 0) is 26.5 Å². The fourth-order valence-corrected chi connectivity index (χ4v) is 3.90. The number of sulfone groups is 1. The maximum absolute atomic E-state index is 12.2. The number of thiazole rings is 1. The molecule has 1 N–H and O–H groups in total. The van der Waals surface area contributed by atoms with E-state index in [0.29, 0.717) is 33.5 Å². The van der Waals surface area contributed by atoms with Gasteiger partial charge >= 0.3 is 0 Å². The van der Waals surface area contributed by atoms with E-state index in [-0.39, 0.29) is 22.6 Å². The van der Waals surface area contributed by atoms with Gasteiger partial charge in [-0.15, -0.1) is 0 Å². The highest BCUT2D eigenvalue weighted by atomic mass is 32.2. The molecule has 1 amide bonds. The van der Waals surface area contributed by atoms with Gasteiger partial charge in [-0.3, -0.25) is 4.79 Å². The number of fused-ring (bicyclic) bond motifs is 1. The molecule has 0 saturated carbocycles. The first kappa shape index (κ1) is 19.4. The van der Waals surface area contributed by atoms with Crippen LogP contribution in [0.2, 0.25) is 0 Å². The number of carbonyl (C=O) groups is 1. The standard InChI is InChI=1S/C17H20N4O4S2/c1-17(2,3)15-20-14(25-21-15)8-7-13(22)19-16-18-11-6-5-10(27(4,23)24)9-12(11)26-16/h5-6,9H,7-8H2,1-4H3,(H,18,19,22). The monoisotopic (exact) mass is 408 g/mol. The molecule has 3 aromatic rings. The zero-order valence-electron chi connectivity index (χ0n) is 15.4. The maximum atomic E-state index is 12.2. The summed E-state index contributed by atoms with van der Waals surface area (Å²) in [6.45, 7) is 5.95. The lowest BCUT2D eigenvalue weighted by molar-refractivity contribution is -0.116. The van der Waals surface area contributed by atoms with Crippen molar-refractivity contribution in [3.05, 3.63) is 29.9 Å². The molecule has 0 radical (unpaired) electrons. The lowest BCUT2D eigenvalue weighted by Crippen LogP contribution is -2.14. The Balaban J connectivity index is 1.65. The average molecular weight is 409 g/mol. The van der Waals surface area contributed by atoms with Crippen molar-refractivity contribution in [1.29, 1.82) is 0 Å². The first-order chi connectivity index (χ1) is 12.5. The highest BCUT2D eigenvalue weighted by Crippen LogP contribution is 2.28. The van der Waals surface area contributed by atoms with Gasteiger partial charge in [-0.05, 0) is 18.2 Å². The summed E-state index contributed by atoms with van der Waals surface area (Å²) in [5.41, 5.74) is 0.421. The van der Waals surface area contributed by atoms with Gasteiger partial charge in [-0.25, -0.2) is 13.4 Å². The Morgan fingerprint density at radius 3 is 2.63 bits per heavy atom. The minimum Gasteiger partial charge on any atom is -0.339 e. The van der Waals surface area contributed by atoms with Crippen molar-refractivity contribution in [2.24, 2.45) is 0 Å². The van der Waals surface area contributed by atoms with E-state index in [0.717, 1.165) is 6.26 Å². The van der Waals surface area contributed by atoms with Gasteiger partial charge in [-0.1, -0.05) is 37.3 Å². The summed E-state index contributed by atoms with van der Waals surface area (Å²) in [6, 6.07) is 4.69. The summed E-state index contributed by atoms with van der Waals surface area (Å²) < 4.78 is 29.1. The number of carbonyl (C=O) groups excluding carboxylic acids is 1. The van der Waals surface area contributed by atoms with Gasteiger partial charge in [0.1, 0.15) is 0 Å². The number of nitrogens with zero attached hydrogens (tertiary/aromatic N) is 3. The quantitative estimate of drug-likeness (QED) is 0.690. The van der Waals surface area contributed by atoms with Crippen LogP contribution in [0, 0.1) is 0 Å². The second kappa shape index (κ2) is 7.01. The maximum Gasteiger partial charge on any atom is 0.227 e. The van der Waals surface area contributed by atoms with Crippen LogP contribution in [0.15, 0.2) is 27.6 Å². The van der Waals surface area contributed by atoms with Crippen molar-refractivity contribution in [3.8, 4) is 0 Å². The van der Waals surface area contributed by atoms with Crippen molar-refractivity contribution in [2.75, 3.05) is 11.6 Å². The second-order valence-corrected chi connectivity index (χ2v) is 10.3. The van der Waals surface area contributed by atoms with Gasteiger partial charge in [0.15, 0.2) is 20.8 Å². The summed E-state index contributed by atoms with van der Waals surface area (Å²) in [5, 5.41) is 7.07. The highest BCUT2D eigenvalue weighted by molar-refractivity contribution is 7.90. The average Bonchev–Trinajstić information content (AvgIpc) is 3.17. The molecule has 0 bridgehead atoms. The normalized spacial score (nSPS) is 12.4. The van der Waals surface area contributed by atoms with E-state index in [1.165, 1.54) is 17.4 Å². The number of aromatic nitrogens is 3. The largest absolute Gasteiger partial charge is 0.339 e. The number of hydrogen-bond donors (Lipinski definition) is 1.